The standard InChI is InChI=1S/C17H24ClN3O2/c1-4-22-16-11-13(10-14(18)17(16)23-5-2)15(12-19)21-8-6-20(3)7-9-21/h10-11,15H,4-9H2,1-3H3. The van der Waals surface area contributed by atoms with E-state index in [2.05, 4.69) is 22.9 Å². The number of nitriles is 1. The van der Waals surface area contributed by atoms with E-state index in [1.54, 1.807) is 0 Å². The lowest BCUT2D eigenvalue weighted by atomic mass is 10.0. The minimum atomic E-state index is -0.323. The number of piperazine rings is 1. The predicted molar refractivity (Wildman–Crippen MR) is 91.2 cm³/mol. The van der Waals surface area contributed by atoms with Gasteiger partial charge in [0, 0.05) is 26.2 Å². The lowest BCUT2D eigenvalue weighted by Crippen LogP contribution is -2.45. The summed E-state index contributed by atoms with van der Waals surface area (Å²) in [6.45, 7) is 8.50. The van der Waals surface area contributed by atoms with Gasteiger partial charge in [0.05, 0.1) is 24.3 Å². The van der Waals surface area contributed by atoms with Crippen molar-refractivity contribution in [1.82, 2.24) is 9.80 Å². The van der Waals surface area contributed by atoms with Crippen molar-refractivity contribution in [3.05, 3.63) is 22.7 Å². The molecule has 1 fully saturated rings. The summed E-state index contributed by atoms with van der Waals surface area (Å²) in [6.07, 6.45) is 0. The Morgan fingerprint density at radius 3 is 2.39 bits per heavy atom. The third kappa shape index (κ3) is 4.29. The van der Waals surface area contributed by atoms with Crippen LogP contribution in [0.1, 0.15) is 25.5 Å². The van der Waals surface area contributed by atoms with Gasteiger partial charge in [-0.3, -0.25) is 4.90 Å². The normalized spacial score (nSPS) is 17.5. The van der Waals surface area contributed by atoms with Crippen LogP contribution in [0, 0.1) is 11.3 Å². The summed E-state index contributed by atoms with van der Waals surface area (Å²) in [6, 6.07) is 5.78. The Morgan fingerprint density at radius 2 is 1.83 bits per heavy atom. The summed E-state index contributed by atoms with van der Waals surface area (Å²) in [7, 11) is 2.10. The molecule has 1 atom stereocenters. The molecule has 1 aliphatic rings. The molecule has 6 heteroatoms. The molecule has 126 valence electrons. The van der Waals surface area contributed by atoms with Gasteiger partial charge in [0.15, 0.2) is 11.5 Å². The Kier molecular flexibility index (Phi) is 6.52. The van der Waals surface area contributed by atoms with Gasteiger partial charge in [0.2, 0.25) is 0 Å². The quantitative estimate of drug-likeness (QED) is 0.798. The zero-order valence-corrected chi connectivity index (χ0v) is 14.8. The summed E-state index contributed by atoms with van der Waals surface area (Å²) in [5.74, 6) is 1.15. The first-order valence-electron chi connectivity index (χ1n) is 8.01. The van der Waals surface area contributed by atoms with Crippen LogP contribution in [0.5, 0.6) is 11.5 Å². The zero-order valence-electron chi connectivity index (χ0n) is 14.0. The molecule has 0 bridgehead atoms. The number of rotatable bonds is 6. The van der Waals surface area contributed by atoms with Gasteiger partial charge in [-0.15, -0.1) is 0 Å². The third-order valence-electron chi connectivity index (χ3n) is 3.96. The van der Waals surface area contributed by atoms with Crippen LogP contribution in [0.15, 0.2) is 12.1 Å². The number of hydrogen-bond donors (Lipinski definition) is 0. The molecule has 5 nitrogen and oxygen atoms in total. The average molecular weight is 338 g/mol. The van der Waals surface area contributed by atoms with Gasteiger partial charge in [-0.05, 0) is 38.6 Å². The van der Waals surface area contributed by atoms with Crippen LogP contribution in [-0.2, 0) is 0 Å². The number of likely N-dealkylation sites (N-methyl/N-ethyl adjacent to an activating group) is 1. The first-order valence-corrected chi connectivity index (χ1v) is 8.39. The number of nitrogens with zero attached hydrogens (tertiary/aromatic N) is 3. The molecule has 1 aliphatic heterocycles. The molecule has 1 aromatic rings. The molecular weight excluding hydrogens is 314 g/mol. The van der Waals surface area contributed by atoms with Gasteiger partial charge >= 0.3 is 0 Å². The highest BCUT2D eigenvalue weighted by molar-refractivity contribution is 6.32. The fourth-order valence-corrected chi connectivity index (χ4v) is 3.01. The second-order valence-electron chi connectivity index (χ2n) is 5.57. The van der Waals surface area contributed by atoms with E-state index in [9.17, 15) is 5.26 Å². The Hall–Kier alpha value is -1.48. The number of ether oxygens (including phenoxy) is 2. The minimum Gasteiger partial charge on any atom is -0.490 e. The molecule has 1 heterocycles. The molecule has 0 spiro atoms. The molecule has 0 saturated carbocycles. The second-order valence-corrected chi connectivity index (χ2v) is 5.97. The zero-order chi connectivity index (χ0) is 16.8. The molecule has 0 N–H and O–H groups in total. The van der Waals surface area contributed by atoms with E-state index in [0.717, 1.165) is 31.7 Å². The van der Waals surface area contributed by atoms with Gasteiger partial charge in [-0.1, -0.05) is 11.6 Å². The topological polar surface area (TPSA) is 48.7 Å². The maximum Gasteiger partial charge on any atom is 0.179 e. The Labute approximate surface area is 143 Å². The fraction of sp³-hybridized carbons (Fsp3) is 0.588. The second kappa shape index (κ2) is 8.39. The summed E-state index contributed by atoms with van der Waals surface area (Å²) >= 11 is 6.37. The molecule has 2 rings (SSSR count). The minimum absolute atomic E-state index is 0.323. The predicted octanol–water partition coefficient (Wildman–Crippen LogP) is 2.95. The molecule has 1 unspecified atom stereocenters. The van der Waals surface area contributed by atoms with Crippen LogP contribution in [0.25, 0.3) is 0 Å². The van der Waals surface area contributed by atoms with Crippen molar-refractivity contribution in [2.75, 3.05) is 46.4 Å². The summed E-state index contributed by atoms with van der Waals surface area (Å²) in [5, 5.41) is 10.1. The third-order valence-corrected chi connectivity index (χ3v) is 4.24. The molecule has 0 aromatic heterocycles. The lowest BCUT2D eigenvalue weighted by Gasteiger charge is -2.35. The van der Waals surface area contributed by atoms with E-state index in [1.165, 1.54) is 0 Å². The van der Waals surface area contributed by atoms with Gasteiger partial charge in [0.1, 0.15) is 6.04 Å². The maximum absolute atomic E-state index is 9.66. The fourth-order valence-electron chi connectivity index (χ4n) is 2.74. The lowest BCUT2D eigenvalue weighted by molar-refractivity contribution is 0.132. The van der Waals surface area contributed by atoms with Crippen molar-refractivity contribution < 1.29 is 9.47 Å². The van der Waals surface area contributed by atoms with Crippen LogP contribution in [-0.4, -0.2) is 56.2 Å². The molecule has 0 radical (unpaired) electrons. The number of benzene rings is 1. The summed E-state index contributed by atoms with van der Waals surface area (Å²) < 4.78 is 11.3. The number of halogens is 1. The van der Waals surface area contributed by atoms with Crippen LogP contribution < -0.4 is 9.47 Å². The van der Waals surface area contributed by atoms with E-state index < -0.39 is 0 Å². The van der Waals surface area contributed by atoms with Gasteiger partial charge in [-0.25, -0.2) is 0 Å². The summed E-state index contributed by atoms with van der Waals surface area (Å²) in [5.41, 5.74) is 0.856. The van der Waals surface area contributed by atoms with E-state index in [1.807, 2.05) is 26.0 Å². The smallest absolute Gasteiger partial charge is 0.179 e. The summed E-state index contributed by atoms with van der Waals surface area (Å²) in [4.78, 5) is 4.45. The van der Waals surface area contributed by atoms with Gasteiger partial charge < -0.3 is 14.4 Å². The average Bonchev–Trinajstić information content (AvgIpc) is 2.53. The highest BCUT2D eigenvalue weighted by atomic mass is 35.5. The van der Waals surface area contributed by atoms with Gasteiger partial charge in [-0.2, -0.15) is 5.26 Å². The van der Waals surface area contributed by atoms with Crippen molar-refractivity contribution in [3.8, 4) is 17.6 Å². The number of hydrogen-bond acceptors (Lipinski definition) is 5. The Bertz CT molecular complexity index is 566. The van der Waals surface area contributed by atoms with Crippen molar-refractivity contribution in [2.24, 2.45) is 0 Å². The first kappa shape index (κ1) is 17.9. The van der Waals surface area contributed by atoms with Crippen molar-refractivity contribution in [2.45, 2.75) is 19.9 Å². The van der Waals surface area contributed by atoms with Crippen molar-refractivity contribution in [3.63, 3.8) is 0 Å². The van der Waals surface area contributed by atoms with Crippen molar-refractivity contribution >= 4 is 11.6 Å². The monoisotopic (exact) mass is 337 g/mol. The molecule has 1 aromatic carbocycles. The van der Waals surface area contributed by atoms with E-state index in [0.29, 0.717) is 29.7 Å². The molecule has 0 aliphatic carbocycles. The molecular formula is C17H24ClN3O2. The van der Waals surface area contributed by atoms with E-state index >= 15 is 0 Å². The van der Waals surface area contributed by atoms with E-state index in [4.69, 9.17) is 21.1 Å². The first-order chi connectivity index (χ1) is 11.1. The van der Waals surface area contributed by atoms with Crippen LogP contribution in [0.4, 0.5) is 0 Å². The highest BCUT2D eigenvalue weighted by Gasteiger charge is 2.25. The van der Waals surface area contributed by atoms with Crippen LogP contribution >= 0.6 is 11.6 Å². The van der Waals surface area contributed by atoms with E-state index in [-0.39, 0.29) is 6.04 Å². The molecule has 0 amide bonds. The Morgan fingerprint density at radius 1 is 1.17 bits per heavy atom. The van der Waals surface area contributed by atoms with Crippen LogP contribution in [0.2, 0.25) is 5.02 Å². The highest BCUT2D eigenvalue weighted by Crippen LogP contribution is 2.39. The Balaban J connectivity index is 2.31. The largest absolute Gasteiger partial charge is 0.490 e. The SMILES string of the molecule is CCOc1cc(C(C#N)N2CCN(C)CC2)cc(Cl)c1OCC. The molecule has 23 heavy (non-hydrogen) atoms. The van der Waals surface area contributed by atoms with Gasteiger partial charge in [0.25, 0.3) is 0 Å². The van der Waals surface area contributed by atoms with Crippen molar-refractivity contribution in [1.29, 1.82) is 5.26 Å². The van der Waals surface area contributed by atoms with Crippen LogP contribution in [0.3, 0.4) is 0 Å². The maximum atomic E-state index is 9.66. The molecule has 1 saturated heterocycles.